The Labute approximate surface area is 187 Å². The van der Waals surface area contributed by atoms with E-state index in [1.54, 1.807) is 12.3 Å². The first kappa shape index (κ1) is 22.3. The monoisotopic (exact) mass is 444 g/mol. The molecular formula is C23H30F2N6O. The molecule has 4 rings (SSSR count). The molecule has 9 heteroatoms. The topological polar surface area (TPSA) is 63.7 Å². The molecule has 0 bridgehead atoms. The molecule has 2 amide bonds. The summed E-state index contributed by atoms with van der Waals surface area (Å²) in [5, 5.41) is 5.88. The van der Waals surface area contributed by atoms with Crippen LogP contribution in [-0.2, 0) is 6.54 Å². The number of likely N-dealkylation sites (N-methyl/N-ethyl adjacent to an activating group) is 1. The lowest BCUT2D eigenvalue weighted by Crippen LogP contribution is -2.45. The second-order valence-corrected chi connectivity index (χ2v) is 8.54. The molecule has 0 spiro atoms. The number of carbonyl (C=O) groups is 1. The molecule has 2 saturated heterocycles. The van der Waals surface area contributed by atoms with Gasteiger partial charge in [-0.1, -0.05) is 6.07 Å². The minimum Gasteiger partial charge on any atom is -0.371 e. The summed E-state index contributed by atoms with van der Waals surface area (Å²) in [5.41, 5.74) is 1.67. The van der Waals surface area contributed by atoms with Crippen molar-refractivity contribution in [3.63, 3.8) is 0 Å². The Morgan fingerprint density at radius 3 is 2.66 bits per heavy atom. The number of amides is 2. The van der Waals surface area contributed by atoms with Crippen molar-refractivity contribution in [1.29, 1.82) is 0 Å². The molecule has 1 unspecified atom stereocenters. The van der Waals surface area contributed by atoms with E-state index in [2.05, 4.69) is 32.5 Å². The summed E-state index contributed by atoms with van der Waals surface area (Å²) in [6, 6.07) is 7.64. The zero-order valence-electron chi connectivity index (χ0n) is 18.4. The highest BCUT2D eigenvalue weighted by molar-refractivity contribution is 5.74. The highest BCUT2D eigenvalue weighted by atomic mass is 19.2. The average molecular weight is 445 g/mol. The van der Waals surface area contributed by atoms with Crippen LogP contribution in [0.2, 0.25) is 0 Å². The Bertz CT molecular complexity index is 934. The van der Waals surface area contributed by atoms with E-state index in [1.165, 1.54) is 6.07 Å². The molecule has 172 valence electrons. The highest BCUT2D eigenvalue weighted by Gasteiger charge is 2.24. The van der Waals surface area contributed by atoms with Crippen LogP contribution in [0.25, 0.3) is 0 Å². The number of rotatable bonds is 6. The van der Waals surface area contributed by atoms with Crippen molar-refractivity contribution in [3.05, 3.63) is 53.7 Å². The molecule has 1 aromatic heterocycles. The Kier molecular flexibility index (Phi) is 7.04. The zero-order valence-corrected chi connectivity index (χ0v) is 18.4. The Morgan fingerprint density at radius 1 is 1.06 bits per heavy atom. The maximum atomic E-state index is 13.5. The second kappa shape index (κ2) is 10.1. The lowest BCUT2D eigenvalue weighted by atomic mass is 10.1. The fourth-order valence-corrected chi connectivity index (χ4v) is 4.26. The van der Waals surface area contributed by atoms with Crippen LogP contribution >= 0.6 is 0 Å². The second-order valence-electron chi connectivity index (χ2n) is 8.54. The van der Waals surface area contributed by atoms with E-state index >= 15 is 0 Å². The van der Waals surface area contributed by atoms with Gasteiger partial charge in [0.15, 0.2) is 11.6 Å². The number of anilines is 2. The first-order valence-corrected chi connectivity index (χ1v) is 11.1. The fraction of sp³-hybridized carbons (Fsp3) is 0.478. The third-order valence-electron chi connectivity index (χ3n) is 6.22. The number of hydrogen-bond acceptors (Lipinski definition) is 5. The van der Waals surface area contributed by atoms with Gasteiger partial charge in [0.05, 0.1) is 0 Å². The first-order valence-electron chi connectivity index (χ1n) is 11.1. The van der Waals surface area contributed by atoms with E-state index in [9.17, 15) is 13.6 Å². The van der Waals surface area contributed by atoms with E-state index in [4.69, 9.17) is 0 Å². The van der Waals surface area contributed by atoms with Gasteiger partial charge in [0.25, 0.3) is 0 Å². The summed E-state index contributed by atoms with van der Waals surface area (Å²) < 4.78 is 26.7. The SMILES string of the molecule is CN1CCN(c2ncccc2CNC(=O)NCC2CCN(c3ccc(F)c(F)c3)C2)CC1. The van der Waals surface area contributed by atoms with Gasteiger partial charge >= 0.3 is 6.03 Å². The molecule has 32 heavy (non-hydrogen) atoms. The molecule has 1 atom stereocenters. The van der Waals surface area contributed by atoms with Crippen molar-refractivity contribution in [2.24, 2.45) is 5.92 Å². The van der Waals surface area contributed by atoms with Crippen molar-refractivity contribution in [2.75, 3.05) is 62.7 Å². The van der Waals surface area contributed by atoms with Gasteiger partial charge in [-0.15, -0.1) is 0 Å². The Balaban J connectivity index is 1.24. The molecule has 0 aliphatic carbocycles. The molecule has 2 aliphatic rings. The minimum absolute atomic E-state index is 0.218. The molecule has 2 N–H and O–H groups in total. The van der Waals surface area contributed by atoms with Gasteiger partial charge in [-0.3, -0.25) is 0 Å². The van der Waals surface area contributed by atoms with E-state index in [-0.39, 0.29) is 11.9 Å². The van der Waals surface area contributed by atoms with Crippen LogP contribution in [0.4, 0.5) is 25.1 Å². The number of nitrogens with one attached hydrogen (secondary N) is 2. The number of benzene rings is 1. The molecule has 2 aromatic rings. The van der Waals surface area contributed by atoms with E-state index in [0.29, 0.717) is 25.3 Å². The molecule has 1 aromatic carbocycles. The van der Waals surface area contributed by atoms with Crippen molar-refractivity contribution >= 4 is 17.5 Å². The number of pyridine rings is 1. The van der Waals surface area contributed by atoms with Crippen LogP contribution in [-0.4, -0.2) is 68.8 Å². The summed E-state index contributed by atoms with van der Waals surface area (Å²) in [7, 11) is 2.12. The van der Waals surface area contributed by atoms with E-state index in [0.717, 1.165) is 56.6 Å². The summed E-state index contributed by atoms with van der Waals surface area (Å²) in [6.07, 6.45) is 2.67. The number of piperazine rings is 1. The van der Waals surface area contributed by atoms with Crippen LogP contribution in [0.5, 0.6) is 0 Å². The summed E-state index contributed by atoms with van der Waals surface area (Å²) in [4.78, 5) is 23.5. The van der Waals surface area contributed by atoms with Gasteiger partial charge in [-0.05, 0) is 37.6 Å². The number of nitrogens with zero attached hydrogens (tertiary/aromatic N) is 4. The third kappa shape index (κ3) is 5.45. The number of aromatic nitrogens is 1. The van der Waals surface area contributed by atoms with E-state index in [1.807, 2.05) is 17.0 Å². The van der Waals surface area contributed by atoms with Crippen molar-refractivity contribution in [2.45, 2.75) is 13.0 Å². The highest BCUT2D eigenvalue weighted by Crippen LogP contribution is 2.25. The zero-order chi connectivity index (χ0) is 22.5. The largest absolute Gasteiger partial charge is 0.371 e. The lowest BCUT2D eigenvalue weighted by molar-refractivity contribution is 0.239. The van der Waals surface area contributed by atoms with Crippen molar-refractivity contribution in [3.8, 4) is 0 Å². The number of halogens is 2. The molecular weight excluding hydrogens is 414 g/mol. The molecule has 3 heterocycles. The maximum Gasteiger partial charge on any atom is 0.315 e. The molecule has 7 nitrogen and oxygen atoms in total. The standard InChI is InChI=1S/C23H30F2N6O/c1-29-9-11-30(12-10-29)22-18(3-2-7-26-22)15-28-23(32)27-14-17-6-8-31(16-17)19-4-5-20(24)21(25)13-19/h2-5,7,13,17H,6,8-12,14-16H2,1H3,(H2,27,28,32). The van der Waals surface area contributed by atoms with Gasteiger partial charge in [0.2, 0.25) is 0 Å². The molecule has 0 radical (unpaired) electrons. The predicted molar refractivity (Wildman–Crippen MR) is 121 cm³/mol. The van der Waals surface area contributed by atoms with Gasteiger partial charge < -0.3 is 25.3 Å². The van der Waals surface area contributed by atoms with Crippen LogP contribution in [0, 0.1) is 17.6 Å². The smallest absolute Gasteiger partial charge is 0.315 e. The predicted octanol–water partition coefficient (Wildman–Crippen LogP) is 2.44. The Morgan fingerprint density at radius 2 is 1.88 bits per heavy atom. The minimum atomic E-state index is -0.841. The summed E-state index contributed by atoms with van der Waals surface area (Å²) in [6.45, 7) is 6.22. The fourth-order valence-electron chi connectivity index (χ4n) is 4.26. The first-order chi connectivity index (χ1) is 15.5. The van der Waals surface area contributed by atoms with Crippen LogP contribution in [0.15, 0.2) is 36.5 Å². The molecule has 2 aliphatic heterocycles. The third-order valence-corrected chi connectivity index (χ3v) is 6.22. The number of carbonyl (C=O) groups excluding carboxylic acids is 1. The number of urea groups is 1. The van der Waals surface area contributed by atoms with Crippen LogP contribution in [0.3, 0.4) is 0 Å². The Hall–Kier alpha value is -2.94. The molecule has 2 fully saturated rings. The van der Waals surface area contributed by atoms with Gasteiger partial charge in [-0.2, -0.15) is 0 Å². The quantitative estimate of drug-likeness (QED) is 0.717. The number of hydrogen-bond donors (Lipinski definition) is 2. The average Bonchev–Trinajstić information content (AvgIpc) is 3.28. The maximum absolute atomic E-state index is 13.5. The molecule has 0 saturated carbocycles. The lowest BCUT2D eigenvalue weighted by Gasteiger charge is -2.34. The van der Waals surface area contributed by atoms with Crippen molar-refractivity contribution < 1.29 is 13.6 Å². The summed E-state index contributed by atoms with van der Waals surface area (Å²) in [5.74, 6) is -0.492. The van der Waals surface area contributed by atoms with Gasteiger partial charge in [0.1, 0.15) is 5.82 Å². The van der Waals surface area contributed by atoms with Crippen LogP contribution < -0.4 is 20.4 Å². The van der Waals surface area contributed by atoms with E-state index < -0.39 is 11.6 Å². The van der Waals surface area contributed by atoms with Crippen molar-refractivity contribution in [1.82, 2.24) is 20.5 Å². The van der Waals surface area contributed by atoms with Crippen LogP contribution in [0.1, 0.15) is 12.0 Å². The van der Waals surface area contributed by atoms with Gasteiger partial charge in [0, 0.05) is 75.9 Å². The van der Waals surface area contributed by atoms with Gasteiger partial charge in [-0.25, -0.2) is 18.6 Å². The normalized spacial score (nSPS) is 19.3. The summed E-state index contributed by atoms with van der Waals surface area (Å²) >= 11 is 0.